The molecule has 0 unspecified atom stereocenters. The highest BCUT2D eigenvalue weighted by Crippen LogP contribution is 2.33. The molecule has 0 heterocycles. The van der Waals surface area contributed by atoms with Gasteiger partial charge in [0.15, 0.2) is 0 Å². The van der Waals surface area contributed by atoms with Gasteiger partial charge in [0.2, 0.25) is 0 Å². The van der Waals surface area contributed by atoms with Crippen molar-refractivity contribution in [2.45, 2.75) is 38.9 Å². The summed E-state index contributed by atoms with van der Waals surface area (Å²) in [4.78, 5) is 1.62. The number of aliphatic hydroxyl groups excluding tert-OH is 1. The summed E-state index contributed by atoms with van der Waals surface area (Å²) >= 11 is 0. The van der Waals surface area contributed by atoms with E-state index in [4.69, 9.17) is 5.11 Å². The van der Waals surface area contributed by atoms with E-state index in [9.17, 15) is 17.6 Å². The van der Waals surface area contributed by atoms with Crippen LogP contribution in [0.15, 0.2) is 18.2 Å². The minimum absolute atomic E-state index is 0.0200. The maximum Gasteiger partial charge on any atom is 0.416 e. The lowest BCUT2D eigenvalue weighted by Crippen LogP contribution is -2.37. The van der Waals surface area contributed by atoms with Crippen molar-refractivity contribution in [3.63, 3.8) is 0 Å². The number of benzene rings is 1. The van der Waals surface area contributed by atoms with Crippen LogP contribution >= 0.6 is 0 Å². The number of hydrogen-bond donors (Lipinski definition) is 1. The Hall–Kier alpha value is -1.30. The van der Waals surface area contributed by atoms with Crippen molar-refractivity contribution in [2.75, 3.05) is 18.1 Å². The highest BCUT2D eigenvalue weighted by Gasteiger charge is 2.32. The lowest BCUT2D eigenvalue weighted by molar-refractivity contribution is -0.137. The number of rotatable bonds is 6. The molecule has 1 N–H and O–H groups in total. The van der Waals surface area contributed by atoms with E-state index in [1.807, 2.05) is 13.8 Å². The molecule has 2 nitrogen and oxygen atoms in total. The van der Waals surface area contributed by atoms with Crippen LogP contribution in [0.3, 0.4) is 0 Å². The van der Waals surface area contributed by atoms with E-state index in [2.05, 4.69) is 0 Å². The highest BCUT2D eigenvalue weighted by molar-refractivity contribution is 5.50. The fourth-order valence-corrected chi connectivity index (χ4v) is 2.25. The summed E-state index contributed by atoms with van der Waals surface area (Å²) in [6.45, 7) is 3.84. The maximum absolute atomic E-state index is 14.0. The molecule has 0 saturated heterocycles. The molecule has 0 radical (unpaired) electrons. The summed E-state index contributed by atoms with van der Waals surface area (Å²) in [7, 11) is 0. The number of hydrogen-bond acceptors (Lipinski definition) is 2. The van der Waals surface area contributed by atoms with Gasteiger partial charge in [-0.3, -0.25) is 0 Å². The van der Waals surface area contributed by atoms with Gasteiger partial charge in [-0.2, -0.15) is 13.2 Å². The van der Waals surface area contributed by atoms with E-state index in [1.54, 1.807) is 4.90 Å². The van der Waals surface area contributed by atoms with Crippen molar-refractivity contribution in [3.05, 3.63) is 29.6 Å². The average molecular weight is 293 g/mol. The van der Waals surface area contributed by atoms with E-state index < -0.39 is 17.6 Å². The number of nitrogens with zero attached hydrogens (tertiary/aromatic N) is 1. The first-order chi connectivity index (χ1) is 9.35. The molecule has 20 heavy (non-hydrogen) atoms. The second-order valence-corrected chi connectivity index (χ2v) is 4.55. The van der Waals surface area contributed by atoms with E-state index in [0.29, 0.717) is 6.07 Å². The molecule has 0 amide bonds. The van der Waals surface area contributed by atoms with Gasteiger partial charge in [-0.1, -0.05) is 13.8 Å². The van der Waals surface area contributed by atoms with Crippen LogP contribution in [0, 0.1) is 5.82 Å². The van der Waals surface area contributed by atoms with E-state index in [-0.39, 0.29) is 24.9 Å². The minimum Gasteiger partial charge on any atom is -0.395 e. The van der Waals surface area contributed by atoms with Gasteiger partial charge in [0.25, 0.3) is 0 Å². The number of alkyl halides is 3. The van der Waals surface area contributed by atoms with Gasteiger partial charge in [0.1, 0.15) is 5.82 Å². The lowest BCUT2D eigenvalue weighted by atomic mass is 10.1. The Morgan fingerprint density at radius 2 is 1.80 bits per heavy atom. The Kier molecular flexibility index (Phi) is 5.80. The maximum atomic E-state index is 14.0. The minimum atomic E-state index is -4.56. The fraction of sp³-hybridized carbons (Fsp3) is 0.571. The van der Waals surface area contributed by atoms with Crippen molar-refractivity contribution in [2.24, 2.45) is 0 Å². The predicted molar refractivity (Wildman–Crippen MR) is 70.2 cm³/mol. The highest BCUT2D eigenvalue weighted by atomic mass is 19.4. The molecule has 0 spiro atoms. The molecule has 1 aromatic rings. The van der Waals surface area contributed by atoms with E-state index in [1.165, 1.54) is 0 Å². The lowest BCUT2D eigenvalue weighted by Gasteiger charge is -2.32. The van der Waals surface area contributed by atoms with Crippen LogP contribution in [0.2, 0.25) is 0 Å². The number of anilines is 1. The summed E-state index contributed by atoms with van der Waals surface area (Å²) in [5.41, 5.74) is -0.909. The van der Waals surface area contributed by atoms with Crippen LogP contribution in [0.1, 0.15) is 32.3 Å². The molecule has 6 heteroatoms. The fourth-order valence-electron chi connectivity index (χ4n) is 2.25. The quantitative estimate of drug-likeness (QED) is 0.806. The zero-order chi connectivity index (χ0) is 15.3. The first-order valence-corrected chi connectivity index (χ1v) is 6.59. The van der Waals surface area contributed by atoms with Gasteiger partial charge >= 0.3 is 6.18 Å². The smallest absolute Gasteiger partial charge is 0.395 e. The standard InChI is InChI=1S/C14H19F4NO/c1-3-11(4-2)19(7-8-20)13-6-5-10(9-12(13)15)14(16,17)18/h5-6,9,11,20H,3-4,7-8H2,1-2H3. The number of halogens is 4. The molecule has 0 aliphatic rings. The van der Waals surface area contributed by atoms with Crippen LogP contribution in [-0.2, 0) is 6.18 Å². The molecule has 0 saturated carbocycles. The molecular formula is C14H19F4NO. The third kappa shape index (κ3) is 3.85. The third-order valence-electron chi connectivity index (χ3n) is 3.31. The summed E-state index contributed by atoms with van der Waals surface area (Å²) in [6.07, 6.45) is -3.12. The number of aliphatic hydroxyl groups is 1. The van der Waals surface area contributed by atoms with E-state index >= 15 is 0 Å². The van der Waals surface area contributed by atoms with E-state index in [0.717, 1.165) is 25.0 Å². The second kappa shape index (κ2) is 6.92. The average Bonchev–Trinajstić information content (AvgIpc) is 2.38. The zero-order valence-corrected chi connectivity index (χ0v) is 11.5. The molecule has 1 rings (SSSR count). The van der Waals surface area contributed by atoms with Crippen molar-refractivity contribution in [1.82, 2.24) is 0 Å². The van der Waals surface area contributed by atoms with Crippen LogP contribution in [0.5, 0.6) is 0 Å². The Bertz CT molecular complexity index is 430. The molecule has 0 aliphatic carbocycles. The molecule has 0 aromatic heterocycles. The first kappa shape index (κ1) is 16.8. The van der Waals surface area contributed by atoms with Crippen LogP contribution in [-0.4, -0.2) is 24.3 Å². The predicted octanol–water partition coefficient (Wildman–Crippen LogP) is 3.83. The largest absolute Gasteiger partial charge is 0.416 e. The Morgan fingerprint density at radius 1 is 1.20 bits per heavy atom. The Balaban J connectivity index is 3.15. The molecule has 1 aromatic carbocycles. The SMILES string of the molecule is CCC(CC)N(CCO)c1ccc(C(F)(F)F)cc1F. The van der Waals surface area contributed by atoms with Gasteiger partial charge in [0, 0.05) is 12.6 Å². The Morgan fingerprint density at radius 3 is 2.20 bits per heavy atom. The summed E-state index contributed by atoms with van der Waals surface area (Å²) in [6, 6.07) is 2.48. The normalized spacial score (nSPS) is 12.0. The Labute approximate surface area is 116 Å². The van der Waals surface area contributed by atoms with Gasteiger partial charge < -0.3 is 10.0 Å². The topological polar surface area (TPSA) is 23.5 Å². The monoisotopic (exact) mass is 293 g/mol. The summed E-state index contributed by atoms with van der Waals surface area (Å²) in [5, 5.41) is 9.07. The second-order valence-electron chi connectivity index (χ2n) is 4.55. The van der Waals surface area contributed by atoms with Gasteiger partial charge in [-0.05, 0) is 31.0 Å². The van der Waals surface area contributed by atoms with Crippen molar-refractivity contribution >= 4 is 5.69 Å². The van der Waals surface area contributed by atoms with Gasteiger partial charge in [-0.15, -0.1) is 0 Å². The molecule has 0 atom stereocenters. The van der Waals surface area contributed by atoms with Gasteiger partial charge in [0.05, 0.1) is 17.9 Å². The van der Waals surface area contributed by atoms with Crippen molar-refractivity contribution in [1.29, 1.82) is 0 Å². The molecule has 114 valence electrons. The van der Waals surface area contributed by atoms with Crippen LogP contribution in [0.4, 0.5) is 23.2 Å². The first-order valence-electron chi connectivity index (χ1n) is 6.59. The van der Waals surface area contributed by atoms with Crippen LogP contribution < -0.4 is 4.90 Å². The summed E-state index contributed by atoms with van der Waals surface area (Å²) in [5.74, 6) is -0.917. The molecule has 0 fully saturated rings. The zero-order valence-electron chi connectivity index (χ0n) is 11.5. The molecule has 0 aliphatic heterocycles. The summed E-state index contributed by atoms with van der Waals surface area (Å²) < 4.78 is 51.5. The van der Waals surface area contributed by atoms with Crippen LogP contribution in [0.25, 0.3) is 0 Å². The van der Waals surface area contributed by atoms with Gasteiger partial charge in [-0.25, -0.2) is 4.39 Å². The van der Waals surface area contributed by atoms with Crippen molar-refractivity contribution < 1.29 is 22.7 Å². The third-order valence-corrected chi connectivity index (χ3v) is 3.31. The molecule has 0 bridgehead atoms. The van der Waals surface area contributed by atoms with Crippen molar-refractivity contribution in [3.8, 4) is 0 Å². The molecular weight excluding hydrogens is 274 g/mol.